The van der Waals surface area contributed by atoms with Crippen LogP contribution >= 0.6 is 0 Å². The molecule has 1 aliphatic rings. The van der Waals surface area contributed by atoms with Gasteiger partial charge in [0.15, 0.2) is 5.82 Å². The summed E-state index contributed by atoms with van der Waals surface area (Å²) in [5.41, 5.74) is 0. The molecule has 1 aliphatic heterocycles. The summed E-state index contributed by atoms with van der Waals surface area (Å²) in [4.78, 5) is 0. The van der Waals surface area contributed by atoms with Crippen LogP contribution in [0.2, 0.25) is 0 Å². The first kappa shape index (κ1) is 10.5. The molecule has 6 nitrogen and oxygen atoms in total. The van der Waals surface area contributed by atoms with Crippen molar-refractivity contribution in [3.63, 3.8) is 0 Å². The molecular weight excluding hydrogens is 194 g/mol. The molecule has 1 atom stereocenters. The summed E-state index contributed by atoms with van der Waals surface area (Å²) in [6, 6.07) is 0.308. The summed E-state index contributed by atoms with van der Waals surface area (Å²) in [7, 11) is 0. The van der Waals surface area contributed by atoms with Gasteiger partial charge in [-0.15, -0.1) is 5.10 Å². The maximum atomic E-state index is 5.43. The van der Waals surface area contributed by atoms with Crippen LogP contribution in [0.15, 0.2) is 0 Å². The summed E-state index contributed by atoms with van der Waals surface area (Å²) in [5.74, 6) is 0.896. The van der Waals surface area contributed by atoms with E-state index in [0.29, 0.717) is 6.04 Å². The van der Waals surface area contributed by atoms with Crippen LogP contribution in [-0.2, 0) is 11.3 Å². The number of hydrogen-bond donors (Lipinski definition) is 1. The van der Waals surface area contributed by atoms with Gasteiger partial charge in [0.25, 0.3) is 0 Å². The Morgan fingerprint density at radius 1 is 1.60 bits per heavy atom. The maximum Gasteiger partial charge on any atom is 0.165 e. The smallest absolute Gasteiger partial charge is 0.165 e. The van der Waals surface area contributed by atoms with Gasteiger partial charge in [-0.2, -0.15) is 0 Å². The molecule has 0 spiro atoms. The first-order chi connectivity index (χ1) is 7.42. The van der Waals surface area contributed by atoms with Crippen LogP contribution in [0, 0.1) is 0 Å². The highest BCUT2D eigenvalue weighted by molar-refractivity contribution is 4.84. The molecule has 2 rings (SSSR count). The Morgan fingerprint density at radius 2 is 2.53 bits per heavy atom. The first-order valence-corrected chi connectivity index (χ1v) is 5.47. The fourth-order valence-corrected chi connectivity index (χ4v) is 1.77. The number of hydrogen-bond acceptors (Lipinski definition) is 5. The highest BCUT2D eigenvalue weighted by Crippen LogP contribution is 2.18. The van der Waals surface area contributed by atoms with Gasteiger partial charge in [-0.25, -0.2) is 4.68 Å². The van der Waals surface area contributed by atoms with Gasteiger partial charge in [0, 0.05) is 6.61 Å². The van der Waals surface area contributed by atoms with Crippen molar-refractivity contribution in [1.82, 2.24) is 25.5 Å². The van der Waals surface area contributed by atoms with E-state index in [4.69, 9.17) is 4.74 Å². The van der Waals surface area contributed by atoms with Crippen LogP contribution in [0.1, 0.15) is 31.6 Å². The van der Waals surface area contributed by atoms with E-state index < -0.39 is 0 Å². The minimum absolute atomic E-state index is 0.308. The Kier molecular flexibility index (Phi) is 3.63. The lowest BCUT2D eigenvalue weighted by Crippen LogP contribution is -2.26. The number of tetrazole rings is 1. The summed E-state index contributed by atoms with van der Waals surface area (Å²) in [5, 5.41) is 15.0. The van der Waals surface area contributed by atoms with Crippen molar-refractivity contribution >= 4 is 0 Å². The lowest BCUT2D eigenvalue weighted by Gasteiger charge is -2.22. The van der Waals surface area contributed by atoms with Gasteiger partial charge in [-0.05, 0) is 29.8 Å². The topological polar surface area (TPSA) is 64.9 Å². The van der Waals surface area contributed by atoms with Crippen LogP contribution < -0.4 is 5.32 Å². The van der Waals surface area contributed by atoms with E-state index in [1.807, 2.05) is 4.68 Å². The summed E-state index contributed by atoms with van der Waals surface area (Å²) >= 11 is 0. The summed E-state index contributed by atoms with van der Waals surface area (Å²) < 4.78 is 7.32. The van der Waals surface area contributed by atoms with Crippen molar-refractivity contribution in [3.05, 3.63) is 5.82 Å². The van der Waals surface area contributed by atoms with Crippen LogP contribution in [-0.4, -0.2) is 40.0 Å². The summed E-state index contributed by atoms with van der Waals surface area (Å²) in [6.07, 6.45) is 2.19. The molecule has 6 heteroatoms. The predicted molar refractivity (Wildman–Crippen MR) is 54.3 cm³/mol. The summed E-state index contributed by atoms with van der Waals surface area (Å²) in [6.45, 7) is 5.30. The largest absolute Gasteiger partial charge is 0.379 e. The van der Waals surface area contributed by atoms with Gasteiger partial charge in [0.2, 0.25) is 0 Å². The Labute approximate surface area is 89.0 Å². The molecule has 0 aliphatic carbocycles. The molecule has 15 heavy (non-hydrogen) atoms. The number of nitrogens with zero attached hydrogens (tertiary/aromatic N) is 4. The average molecular weight is 211 g/mol. The van der Waals surface area contributed by atoms with Gasteiger partial charge in [-0.1, -0.05) is 6.92 Å². The predicted octanol–water partition coefficient (Wildman–Crippen LogP) is 0.134. The zero-order valence-corrected chi connectivity index (χ0v) is 9.02. The van der Waals surface area contributed by atoms with Crippen LogP contribution in [0.3, 0.4) is 0 Å². The van der Waals surface area contributed by atoms with E-state index in [9.17, 15) is 0 Å². The molecule has 1 unspecified atom stereocenters. The third kappa shape index (κ3) is 2.51. The highest BCUT2D eigenvalue weighted by atomic mass is 16.5. The van der Waals surface area contributed by atoms with Crippen LogP contribution in [0.4, 0.5) is 0 Å². The van der Waals surface area contributed by atoms with E-state index in [0.717, 1.165) is 45.0 Å². The van der Waals surface area contributed by atoms with Crippen LogP contribution in [0.25, 0.3) is 0 Å². The average Bonchev–Trinajstić information content (AvgIpc) is 2.75. The molecule has 1 N–H and O–H groups in total. The van der Waals surface area contributed by atoms with Crippen molar-refractivity contribution < 1.29 is 4.74 Å². The molecule has 1 saturated heterocycles. The molecule has 0 radical (unpaired) electrons. The molecule has 1 fully saturated rings. The van der Waals surface area contributed by atoms with Crippen molar-refractivity contribution in [1.29, 1.82) is 0 Å². The zero-order chi connectivity index (χ0) is 10.5. The Hall–Kier alpha value is -1.01. The monoisotopic (exact) mass is 211 g/mol. The van der Waals surface area contributed by atoms with Crippen molar-refractivity contribution in [3.8, 4) is 0 Å². The second-order valence-electron chi connectivity index (χ2n) is 3.69. The molecule has 0 amide bonds. The highest BCUT2D eigenvalue weighted by Gasteiger charge is 2.19. The number of nitrogens with one attached hydrogen (secondary N) is 1. The Balaban J connectivity index is 2.02. The lowest BCUT2D eigenvalue weighted by atomic mass is 10.1. The molecular formula is C9H17N5O. The third-order valence-corrected chi connectivity index (χ3v) is 2.58. The number of aromatic nitrogens is 4. The standard InChI is InChI=1S/C9H17N5O/c1-2-10-6-9-11-12-13-14(9)8-4-3-5-15-7-8/h8,10H,2-7H2,1H3. The Morgan fingerprint density at radius 3 is 3.27 bits per heavy atom. The van der Waals surface area contributed by atoms with Gasteiger partial charge < -0.3 is 10.1 Å². The van der Waals surface area contributed by atoms with E-state index in [1.165, 1.54) is 0 Å². The normalized spacial score (nSPS) is 21.8. The molecule has 84 valence electrons. The van der Waals surface area contributed by atoms with Gasteiger partial charge in [0.1, 0.15) is 0 Å². The van der Waals surface area contributed by atoms with Gasteiger partial charge >= 0.3 is 0 Å². The Bertz CT molecular complexity index is 294. The van der Waals surface area contributed by atoms with Gasteiger partial charge in [-0.3, -0.25) is 0 Å². The number of ether oxygens (including phenoxy) is 1. The quantitative estimate of drug-likeness (QED) is 0.767. The van der Waals surface area contributed by atoms with E-state index in [2.05, 4.69) is 27.8 Å². The van der Waals surface area contributed by atoms with Crippen molar-refractivity contribution in [2.45, 2.75) is 32.4 Å². The third-order valence-electron chi connectivity index (χ3n) is 2.58. The van der Waals surface area contributed by atoms with Crippen molar-refractivity contribution in [2.24, 2.45) is 0 Å². The van der Waals surface area contributed by atoms with Crippen LogP contribution in [0.5, 0.6) is 0 Å². The van der Waals surface area contributed by atoms with E-state index in [1.54, 1.807) is 0 Å². The molecule has 1 aromatic rings. The molecule has 0 aromatic carbocycles. The molecule has 1 aromatic heterocycles. The fourth-order valence-electron chi connectivity index (χ4n) is 1.77. The first-order valence-electron chi connectivity index (χ1n) is 5.47. The zero-order valence-electron chi connectivity index (χ0n) is 9.02. The second kappa shape index (κ2) is 5.18. The van der Waals surface area contributed by atoms with E-state index >= 15 is 0 Å². The second-order valence-corrected chi connectivity index (χ2v) is 3.69. The van der Waals surface area contributed by atoms with E-state index in [-0.39, 0.29) is 0 Å². The number of rotatable bonds is 4. The SMILES string of the molecule is CCNCc1nnnn1C1CCCOC1. The minimum Gasteiger partial charge on any atom is -0.379 e. The lowest BCUT2D eigenvalue weighted by molar-refractivity contribution is 0.0530. The maximum absolute atomic E-state index is 5.43. The minimum atomic E-state index is 0.308. The van der Waals surface area contributed by atoms with Gasteiger partial charge in [0.05, 0.1) is 19.2 Å². The molecule has 0 bridgehead atoms. The molecule has 0 saturated carbocycles. The fraction of sp³-hybridized carbons (Fsp3) is 0.889. The molecule has 2 heterocycles. The van der Waals surface area contributed by atoms with Crippen molar-refractivity contribution in [2.75, 3.05) is 19.8 Å².